The molecule has 0 saturated carbocycles. The Hall–Kier alpha value is -2.04. The van der Waals surface area contributed by atoms with E-state index in [0.29, 0.717) is 12.4 Å². The van der Waals surface area contributed by atoms with Crippen molar-refractivity contribution in [2.75, 3.05) is 12.8 Å². The van der Waals surface area contributed by atoms with E-state index in [9.17, 15) is 4.39 Å². The fourth-order valence-electron chi connectivity index (χ4n) is 1.89. The maximum Gasteiger partial charge on any atom is 0.197 e. The number of anilines is 1. The first-order chi connectivity index (χ1) is 8.60. The van der Waals surface area contributed by atoms with E-state index in [1.165, 1.54) is 13.2 Å². The lowest BCUT2D eigenvalue weighted by Crippen LogP contribution is -1.96. The van der Waals surface area contributed by atoms with Gasteiger partial charge >= 0.3 is 0 Å². The van der Waals surface area contributed by atoms with Crippen LogP contribution in [0.25, 0.3) is 0 Å². The lowest BCUT2D eigenvalue weighted by atomic mass is 10.1. The second-order valence-corrected chi connectivity index (χ2v) is 4.16. The number of aromatic nitrogens is 2. The number of nitrogens with zero attached hydrogens (tertiary/aromatic N) is 1. The first-order valence-corrected chi connectivity index (χ1v) is 5.73. The van der Waals surface area contributed by atoms with E-state index in [4.69, 9.17) is 10.5 Å². The third-order valence-corrected chi connectivity index (χ3v) is 2.87. The Bertz CT molecular complexity index is 551. The van der Waals surface area contributed by atoms with Gasteiger partial charge in [0.15, 0.2) is 17.5 Å². The molecule has 1 aromatic heterocycles. The molecular formula is C13H16FN3O. The molecular weight excluding hydrogens is 233 g/mol. The second-order valence-electron chi connectivity index (χ2n) is 4.16. The topological polar surface area (TPSA) is 63.9 Å². The van der Waals surface area contributed by atoms with Gasteiger partial charge in [0.1, 0.15) is 0 Å². The van der Waals surface area contributed by atoms with E-state index in [2.05, 4.69) is 9.97 Å². The van der Waals surface area contributed by atoms with Crippen molar-refractivity contribution in [1.29, 1.82) is 0 Å². The van der Waals surface area contributed by atoms with Gasteiger partial charge in [0.05, 0.1) is 12.8 Å². The number of nitrogens with one attached hydrogen (secondary N) is 1. The molecule has 5 heteroatoms. The summed E-state index contributed by atoms with van der Waals surface area (Å²) in [6.07, 6.45) is 1.44. The summed E-state index contributed by atoms with van der Waals surface area (Å²) >= 11 is 0. The standard InChI is InChI=1S/C13H16FN3O/c1-8-11(17-13(15)16-8)5-3-9-4-6-12(18-2)10(14)7-9/h4,6-7H,3,5H2,1-2H3,(H3,15,16,17). The van der Waals surface area contributed by atoms with Crippen molar-refractivity contribution in [2.24, 2.45) is 0 Å². The lowest BCUT2D eigenvalue weighted by molar-refractivity contribution is 0.386. The first kappa shape index (κ1) is 12.4. The van der Waals surface area contributed by atoms with Crippen molar-refractivity contribution >= 4 is 5.95 Å². The van der Waals surface area contributed by atoms with Crippen LogP contribution >= 0.6 is 0 Å². The number of H-pyrrole nitrogens is 1. The number of methoxy groups -OCH3 is 1. The highest BCUT2D eigenvalue weighted by Gasteiger charge is 2.07. The van der Waals surface area contributed by atoms with Crippen LogP contribution < -0.4 is 10.5 Å². The normalized spacial score (nSPS) is 10.6. The van der Waals surface area contributed by atoms with Crippen LogP contribution in [0.2, 0.25) is 0 Å². The second kappa shape index (κ2) is 5.08. The third kappa shape index (κ3) is 2.61. The summed E-state index contributed by atoms with van der Waals surface area (Å²) in [6, 6.07) is 4.98. The molecule has 0 aliphatic carbocycles. The lowest BCUT2D eigenvalue weighted by Gasteiger charge is -2.04. The summed E-state index contributed by atoms with van der Waals surface area (Å²) in [5.74, 6) is 0.343. The number of imidazole rings is 1. The van der Waals surface area contributed by atoms with Gasteiger partial charge in [-0.1, -0.05) is 6.07 Å². The number of nitrogen functional groups attached to an aromatic ring is 1. The maximum absolute atomic E-state index is 13.5. The molecule has 0 fully saturated rings. The molecule has 18 heavy (non-hydrogen) atoms. The fourth-order valence-corrected chi connectivity index (χ4v) is 1.89. The number of aryl methyl sites for hydroxylation is 3. The predicted octanol–water partition coefficient (Wildman–Crippen LogP) is 2.23. The molecule has 0 aliphatic rings. The van der Waals surface area contributed by atoms with E-state index in [0.717, 1.165) is 23.4 Å². The fraction of sp³-hybridized carbons (Fsp3) is 0.308. The molecule has 1 aromatic carbocycles. The molecule has 0 amide bonds. The van der Waals surface area contributed by atoms with Gasteiger partial charge in [-0.3, -0.25) is 0 Å². The number of halogens is 1. The summed E-state index contributed by atoms with van der Waals surface area (Å²) in [4.78, 5) is 7.13. The van der Waals surface area contributed by atoms with Crippen molar-refractivity contribution < 1.29 is 9.13 Å². The van der Waals surface area contributed by atoms with Gasteiger partial charge in [-0.15, -0.1) is 0 Å². The van der Waals surface area contributed by atoms with Crippen molar-refractivity contribution in [3.63, 3.8) is 0 Å². The van der Waals surface area contributed by atoms with Gasteiger partial charge in [-0.2, -0.15) is 0 Å². The molecule has 0 saturated heterocycles. The summed E-state index contributed by atoms with van der Waals surface area (Å²) in [5.41, 5.74) is 8.36. The van der Waals surface area contributed by atoms with Crippen LogP contribution in [-0.4, -0.2) is 17.1 Å². The third-order valence-electron chi connectivity index (χ3n) is 2.87. The van der Waals surface area contributed by atoms with Gasteiger partial charge in [0, 0.05) is 5.69 Å². The highest BCUT2D eigenvalue weighted by atomic mass is 19.1. The Labute approximate surface area is 105 Å². The molecule has 2 aromatic rings. The smallest absolute Gasteiger partial charge is 0.197 e. The van der Waals surface area contributed by atoms with Crippen molar-refractivity contribution in [1.82, 2.24) is 9.97 Å². The van der Waals surface area contributed by atoms with E-state index < -0.39 is 0 Å². The van der Waals surface area contributed by atoms with Gasteiger partial charge in [0.2, 0.25) is 0 Å². The zero-order valence-corrected chi connectivity index (χ0v) is 10.5. The minimum atomic E-state index is -0.340. The van der Waals surface area contributed by atoms with Crippen LogP contribution in [-0.2, 0) is 12.8 Å². The molecule has 0 atom stereocenters. The van der Waals surface area contributed by atoms with E-state index in [1.54, 1.807) is 6.07 Å². The van der Waals surface area contributed by atoms with Gasteiger partial charge in [-0.25, -0.2) is 9.37 Å². The molecule has 4 nitrogen and oxygen atoms in total. The molecule has 0 bridgehead atoms. The average Bonchev–Trinajstić information content (AvgIpc) is 2.65. The number of nitrogens with two attached hydrogens (primary N) is 1. The molecule has 96 valence electrons. The largest absolute Gasteiger partial charge is 0.494 e. The molecule has 1 heterocycles. The number of hydrogen-bond donors (Lipinski definition) is 2. The quantitative estimate of drug-likeness (QED) is 0.873. The number of benzene rings is 1. The minimum absolute atomic E-state index is 0.263. The van der Waals surface area contributed by atoms with Crippen LogP contribution in [0.4, 0.5) is 10.3 Å². The molecule has 0 radical (unpaired) electrons. The first-order valence-electron chi connectivity index (χ1n) is 5.73. The van der Waals surface area contributed by atoms with Crippen molar-refractivity contribution in [2.45, 2.75) is 19.8 Å². The minimum Gasteiger partial charge on any atom is -0.494 e. The summed E-state index contributed by atoms with van der Waals surface area (Å²) in [6.45, 7) is 1.92. The van der Waals surface area contributed by atoms with Crippen LogP contribution in [0.1, 0.15) is 17.0 Å². The van der Waals surface area contributed by atoms with Crippen molar-refractivity contribution in [3.05, 3.63) is 41.0 Å². The predicted molar refractivity (Wildman–Crippen MR) is 68.1 cm³/mol. The summed E-state index contributed by atoms with van der Waals surface area (Å²) in [5, 5.41) is 0. The molecule has 3 N–H and O–H groups in total. The van der Waals surface area contributed by atoms with E-state index >= 15 is 0 Å². The monoisotopic (exact) mass is 249 g/mol. The Morgan fingerprint density at radius 3 is 2.72 bits per heavy atom. The van der Waals surface area contributed by atoms with E-state index in [-0.39, 0.29) is 11.6 Å². The number of rotatable bonds is 4. The van der Waals surface area contributed by atoms with Crippen molar-refractivity contribution in [3.8, 4) is 5.75 Å². The Kier molecular flexibility index (Phi) is 3.50. The highest BCUT2D eigenvalue weighted by molar-refractivity contribution is 5.31. The average molecular weight is 249 g/mol. The van der Waals surface area contributed by atoms with Gasteiger partial charge in [0.25, 0.3) is 0 Å². The molecule has 2 rings (SSSR count). The van der Waals surface area contributed by atoms with Crippen LogP contribution in [0, 0.1) is 12.7 Å². The van der Waals surface area contributed by atoms with Crippen LogP contribution in [0.15, 0.2) is 18.2 Å². The Balaban J connectivity index is 2.06. The maximum atomic E-state index is 13.5. The Morgan fingerprint density at radius 2 is 2.17 bits per heavy atom. The Morgan fingerprint density at radius 1 is 1.39 bits per heavy atom. The molecule has 0 spiro atoms. The van der Waals surface area contributed by atoms with Gasteiger partial charge < -0.3 is 15.5 Å². The molecule has 0 unspecified atom stereocenters. The summed E-state index contributed by atoms with van der Waals surface area (Å²) < 4.78 is 18.4. The zero-order chi connectivity index (χ0) is 13.1. The zero-order valence-electron chi connectivity index (χ0n) is 10.5. The SMILES string of the molecule is COc1ccc(CCc2nc(N)[nH]c2C)cc1F. The van der Waals surface area contributed by atoms with Crippen LogP contribution in [0.5, 0.6) is 5.75 Å². The summed E-state index contributed by atoms with van der Waals surface area (Å²) in [7, 11) is 1.45. The number of hydrogen-bond acceptors (Lipinski definition) is 3. The van der Waals surface area contributed by atoms with Crippen LogP contribution in [0.3, 0.4) is 0 Å². The highest BCUT2D eigenvalue weighted by Crippen LogP contribution is 2.19. The molecule has 0 aliphatic heterocycles. The van der Waals surface area contributed by atoms with E-state index in [1.807, 2.05) is 13.0 Å². The van der Waals surface area contributed by atoms with Gasteiger partial charge in [-0.05, 0) is 37.5 Å². The number of ether oxygens (including phenoxy) is 1. The number of aromatic amines is 1.